The van der Waals surface area contributed by atoms with Crippen LogP contribution in [0.5, 0.6) is 11.5 Å². The van der Waals surface area contributed by atoms with Crippen molar-refractivity contribution in [2.45, 2.75) is 51.6 Å². The Morgan fingerprint density at radius 2 is 1.88 bits per heavy atom. The summed E-state index contributed by atoms with van der Waals surface area (Å²) in [6.45, 7) is 5.62. The molecule has 2 aliphatic heterocycles. The summed E-state index contributed by atoms with van der Waals surface area (Å²) in [6.07, 6.45) is 0.652. The minimum absolute atomic E-state index is 0.0105. The predicted molar refractivity (Wildman–Crippen MR) is 128 cm³/mol. The number of hydrogen-bond acceptors (Lipinski definition) is 6. The molecular formula is C27H26ClNO5. The Kier molecular flexibility index (Phi) is 5.86. The van der Waals surface area contributed by atoms with Gasteiger partial charge in [-0.05, 0) is 62.4 Å². The van der Waals surface area contributed by atoms with E-state index in [1.807, 2.05) is 63.2 Å². The van der Waals surface area contributed by atoms with Crippen molar-refractivity contribution in [3.8, 4) is 11.5 Å². The number of Topliss-reactive ketones (excluding diaryl/α,β-unsaturated/α-hetero) is 1. The van der Waals surface area contributed by atoms with Gasteiger partial charge in [0, 0.05) is 34.3 Å². The highest BCUT2D eigenvalue weighted by Gasteiger charge is 2.42. The third-order valence-electron chi connectivity index (χ3n) is 6.47. The van der Waals surface area contributed by atoms with Crippen LogP contribution in [-0.2, 0) is 14.3 Å². The lowest BCUT2D eigenvalue weighted by Gasteiger charge is -2.37. The van der Waals surface area contributed by atoms with E-state index in [2.05, 4.69) is 5.32 Å². The normalized spacial score (nSPS) is 21.5. The first kappa shape index (κ1) is 22.5. The van der Waals surface area contributed by atoms with Gasteiger partial charge < -0.3 is 19.5 Å². The van der Waals surface area contributed by atoms with Crippen molar-refractivity contribution in [2.75, 3.05) is 6.79 Å². The fourth-order valence-electron chi connectivity index (χ4n) is 5.04. The molecule has 0 spiro atoms. The second-order valence-corrected chi connectivity index (χ2v) is 9.51. The molecular weight excluding hydrogens is 454 g/mol. The number of esters is 1. The van der Waals surface area contributed by atoms with E-state index in [0.717, 1.165) is 16.8 Å². The Hall–Kier alpha value is -3.25. The van der Waals surface area contributed by atoms with Gasteiger partial charge in [-0.25, -0.2) is 4.79 Å². The summed E-state index contributed by atoms with van der Waals surface area (Å²) in [5.74, 6) is 0.203. The van der Waals surface area contributed by atoms with Crippen LogP contribution in [0.3, 0.4) is 0 Å². The van der Waals surface area contributed by atoms with Gasteiger partial charge in [0.25, 0.3) is 0 Å². The van der Waals surface area contributed by atoms with Gasteiger partial charge >= 0.3 is 5.97 Å². The highest BCUT2D eigenvalue weighted by Crippen LogP contribution is 2.48. The molecule has 0 unspecified atom stereocenters. The number of halogens is 1. The maximum Gasteiger partial charge on any atom is 0.337 e. The summed E-state index contributed by atoms with van der Waals surface area (Å²) in [7, 11) is 0. The largest absolute Gasteiger partial charge is 0.460 e. The van der Waals surface area contributed by atoms with Gasteiger partial charge in [0.15, 0.2) is 17.3 Å². The maximum absolute atomic E-state index is 13.7. The average Bonchev–Trinajstić information content (AvgIpc) is 3.25. The maximum atomic E-state index is 13.7. The Labute approximate surface area is 203 Å². The molecule has 0 radical (unpaired) electrons. The minimum atomic E-state index is -0.559. The van der Waals surface area contributed by atoms with Crippen LogP contribution in [0.15, 0.2) is 65.0 Å². The zero-order chi connectivity index (χ0) is 24.0. The number of benzene rings is 2. The van der Waals surface area contributed by atoms with E-state index in [0.29, 0.717) is 46.2 Å². The van der Waals surface area contributed by atoms with Crippen molar-refractivity contribution in [3.05, 3.63) is 81.2 Å². The summed E-state index contributed by atoms with van der Waals surface area (Å²) in [6, 6.07) is 13.2. The van der Waals surface area contributed by atoms with Gasteiger partial charge in [-0.3, -0.25) is 4.79 Å². The van der Waals surface area contributed by atoms with E-state index in [4.69, 9.17) is 25.8 Å². The lowest BCUT2D eigenvalue weighted by atomic mass is 9.71. The number of rotatable bonds is 4. The first-order valence-electron chi connectivity index (χ1n) is 11.4. The molecule has 3 aliphatic rings. The number of nitrogens with one attached hydrogen (secondary N) is 1. The lowest BCUT2D eigenvalue weighted by Crippen LogP contribution is -2.36. The molecule has 0 amide bonds. The van der Waals surface area contributed by atoms with Gasteiger partial charge in [0.2, 0.25) is 6.79 Å². The molecule has 0 saturated heterocycles. The Balaban J connectivity index is 1.60. The third kappa shape index (κ3) is 3.96. The number of allylic oxidation sites excluding steroid dienone is 3. The number of carbonyl (C=O) groups excluding carboxylic acids is 2. The molecule has 0 saturated carbocycles. The molecule has 0 fully saturated rings. The predicted octanol–water partition coefficient (Wildman–Crippen LogP) is 5.38. The minimum Gasteiger partial charge on any atom is -0.460 e. The Bertz CT molecular complexity index is 1250. The molecule has 1 N–H and O–H groups in total. The van der Waals surface area contributed by atoms with E-state index >= 15 is 0 Å². The molecule has 34 heavy (non-hydrogen) atoms. The van der Waals surface area contributed by atoms with Crippen molar-refractivity contribution in [3.63, 3.8) is 0 Å². The molecule has 5 rings (SSSR count). The zero-order valence-electron chi connectivity index (χ0n) is 19.3. The fraction of sp³-hybridized carbons (Fsp3) is 0.333. The standard InChI is InChI=1S/C27H26ClNO5/c1-14(2)34-27(31)24-15(3)29-20-10-17(18-6-4-5-7-19(18)28)11-21(30)26(20)25(24)16-8-9-22-23(12-16)33-13-32-22/h4-9,12,14,17,25,29H,10-11,13H2,1-3H3/t17-,25-/m1/s1. The molecule has 2 aromatic rings. The van der Waals surface area contributed by atoms with Gasteiger partial charge in [0.1, 0.15) is 0 Å². The van der Waals surface area contributed by atoms with E-state index in [1.54, 1.807) is 0 Å². The smallest absolute Gasteiger partial charge is 0.337 e. The van der Waals surface area contributed by atoms with Crippen LogP contribution in [0.2, 0.25) is 5.02 Å². The van der Waals surface area contributed by atoms with Crippen LogP contribution in [0.4, 0.5) is 0 Å². The van der Waals surface area contributed by atoms with Crippen molar-refractivity contribution >= 4 is 23.4 Å². The lowest BCUT2D eigenvalue weighted by molar-refractivity contribution is -0.143. The van der Waals surface area contributed by atoms with Crippen molar-refractivity contribution in [1.82, 2.24) is 5.32 Å². The van der Waals surface area contributed by atoms with Crippen LogP contribution >= 0.6 is 11.6 Å². The molecule has 2 heterocycles. The second-order valence-electron chi connectivity index (χ2n) is 9.11. The van der Waals surface area contributed by atoms with E-state index in [9.17, 15) is 9.59 Å². The second kappa shape index (κ2) is 8.84. The van der Waals surface area contributed by atoms with Gasteiger partial charge in [-0.15, -0.1) is 0 Å². The van der Waals surface area contributed by atoms with E-state index < -0.39 is 11.9 Å². The summed E-state index contributed by atoms with van der Waals surface area (Å²) in [4.78, 5) is 26.9. The van der Waals surface area contributed by atoms with Gasteiger partial charge in [0.05, 0.1) is 11.7 Å². The first-order chi connectivity index (χ1) is 16.3. The fourth-order valence-corrected chi connectivity index (χ4v) is 5.33. The summed E-state index contributed by atoms with van der Waals surface area (Å²) in [5, 5.41) is 4.02. The van der Waals surface area contributed by atoms with E-state index in [-0.39, 0.29) is 24.6 Å². The van der Waals surface area contributed by atoms with Gasteiger partial charge in [-0.2, -0.15) is 0 Å². The Morgan fingerprint density at radius 3 is 2.65 bits per heavy atom. The van der Waals surface area contributed by atoms with Crippen molar-refractivity contribution in [2.24, 2.45) is 0 Å². The first-order valence-corrected chi connectivity index (χ1v) is 11.8. The SMILES string of the molecule is CC1=C(C(=O)OC(C)C)[C@@H](c2ccc3c(c2)OCO3)C2=C(C[C@@H](c3ccccc3Cl)CC2=O)N1. The molecule has 7 heteroatoms. The van der Waals surface area contributed by atoms with Crippen LogP contribution in [0.25, 0.3) is 0 Å². The highest BCUT2D eigenvalue weighted by molar-refractivity contribution is 6.31. The molecule has 1 aliphatic carbocycles. The molecule has 0 bridgehead atoms. The molecule has 2 atom stereocenters. The number of carbonyl (C=O) groups is 2. The van der Waals surface area contributed by atoms with Gasteiger partial charge in [-0.1, -0.05) is 35.9 Å². The molecule has 2 aromatic carbocycles. The van der Waals surface area contributed by atoms with E-state index in [1.165, 1.54) is 0 Å². The summed E-state index contributed by atoms with van der Waals surface area (Å²) >= 11 is 6.46. The molecule has 6 nitrogen and oxygen atoms in total. The average molecular weight is 480 g/mol. The number of ketones is 1. The number of dihydropyridines is 1. The van der Waals surface area contributed by atoms with Crippen molar-refractivity contribution in [1.29, 1.82) is 0 Å². The number of hydrogen-bond donors (Lipinski definition) is 1. The third-order valence-corrected chi connectivity index (χ3v) is 6.81. The van der Waals surface area contributed by atoms with Crippen LogP contribution in [-0.4, -0.2) is 24.6 Å². The number of ether oxygens (including phenoxy) is 3. The monoisotopic (exact) mass is 479 g/mol. The Morgan fingerprint density at radius 1 is 1.12 bits per heavy atom. The topological polar surface area (TPSA) is 73.9 Å². The highest BCUT2D eigenvalue weighted by atomic mass is 35.5. The summed E-state index contributed by atoms with van der Waals surface area (Å²) in [5.41, 5.74) is 4.29. The molecule has 0 aromatic heterocycles. The molecule has 176 valence electrons. The summed E-state index contributed by atoms with van der Waals surface area (Å²) < 4.78 is 16.6. The van der Waals surface area contributed by atoms with Crippen LogP contribution in [0.1, 0.15) is 56.6 Å². The van der Waals surface area contributed by atoms with Crippen LogP contribution in [0, 0.1) is 0 Å². The van der Waals surface area contributed by atoms with Crippen molar-refractivity contribution < 1.29 is 23.8 Å². The zero-order valence-corrected chi connectivity index (χ0v) is 20.1. The quantitative estimate of drug-likeness (QED) is 0.593. The number of fused-ring (bicyclic) bond motifs is 1. The van der Waals surface area contributed by atoms with Crippen LogP contribution < -0.4 is 14.8 Å².